The lowest BCUT2D eigenvalue weighted by Crippen LogP contribution is -2.12. The number of nitrogens with two attached hydrogens (primary N) is 1. The molecule has 0 spiro atoms. The van der Waals surface area contributed by atoms with E-state index in [1.165, 1.54) is 12.8 Å². The van der Waals surface area contributed by atoms with E-state index < -0.39 is 0 Å². The van der Waals surface area contributed by atoms with Crippen LogP contribution in [0, 0.1) is 5.92 Å². The molecular weight excluding hydrogens is 204 g/mol. The number of benzene rings is 1. The van der Waals surface area contributed by atoms with Gasteiger partial charge in [-0.3, -0.25) is 0 Å². The van der Waals surface area contributed by atoms with Crippen molar-refractivity contribution >= 4 is 11.1 Å². The highest BCUT2D eigenvalue weighted by Crippen LogP contribution is 2.39. The molecule has 4 nitrogen and oxygen atoms in total. The molecule has 1 aromatic heterocycles. The Morgan fingerprint density at radius 1 is 1.50 bits per heavy atom. The molecule has 1 aliphatic rings. The molecule has 1 aliphatic carbocycles. The first-order valence-corrected chi connectivity index (χ1v) is 5.48. The van der Waals surface area contributed by atoms with Crippen LogP contribution in [0.5, 0.6) is 5.75 Å². The van der Waals surface area contributed by atoms with Crippen molar-refractivity contribution in [3.05, 3.63) is 24.1 Å². The number of hydrogen-bond donors (Lipinski definition) is 1. The second kappa shape index (κ2) is 3.49. The van der Waals surface area contributed by atoms with Crippen LogP contribution in [-0.4, -0.2) is 12.1 Å². The van der Waals surface area contributed by atoms with Crippen LogP contribution < -0.4 is 10.5 Å². The molecule has 0 saturated heterocycles. The third kappa shape index (κ3) is 1.55. The van der Waals surface area contributed by atoms with E-state index in [0.29, 0.717) is 11.8 Å². The fourth-order valence-electron chi connectivity index (χ4n) is 1.85. The van der Waals surface area contributed by atoms with Gasteiger partial charge in [0.15, 0.2) is 5.58 Å². The van der Waals surface area contributed by atoms with Crippen molar-refractivity contribution in [2.24, 2.45) is 11.7 Å². The Kier molecular flexibility index (Phi) is 2.11. The lowest BCUT2D eigenvalue weighted by atomic mass is 10.2. The minimum absolute atomic E-state index is 0.0570. The summed E-state index contributed by atoms with van der Waals surface area (Å²) in [6.45, 7) is 0. The average Bonchev–Trinajstić information content (AvgIpc) is 3.06. The second-order valence-corrected chi connectivity index (χ2v) is 4.25. The summed E-state index contributed by atoms with van der Waals surface area (Å²) in [5.74, 6) is 1.97. The van der Waals surface area contributed by atoms with Gasteiger partial charge in [-0.05, 0) is 30.9 Å². The van der Waals surface area contributed by atoms with Gasteiger partial charge in [0.1, 0.15) is 11.3 Å². The quantitative estimate of drug-likeness (QED) is 0.858. The van der Waals surface area contributed by atoms with Gasteiger partial charge in [-0.1, -0.05) is 0 Å². The fourth-order valence-corrected chi connectivity index (χ4v) is 1.85. The maximum absolute atomic E-state index is 6.05. The van der Waals surface area contributed by atoms with Crippen LogP contribution in [0.15, 0.2) is 22.6 Å². The molecule has 0 aliphatic heterocycles. The minimum atomic E-state index is -0.0570. The summed E-state index contributed by atoms with van der Waals surface area (Å²) in [6, 6.07) is 5.54. The molecule has 4 heteroatoms. The van der Waals surface area contributed by atoms with Crippen LogP contribution in [-0.2, 0) is 0 Å². The summed E-state index contributed by atoms with van der Waals surface area (Å²) in [5.41, 5.74) is 7.63. The van der Waals surface area contributed by atoms with Gasteiger partial charge in [0.25, 0.3) is 0 Å². The Morgan fingerprint density at radius 2 is 2.31 bits per heavy atom. The number of aromatic nitrogens is 1. The van der Waals surface area contributed by atoms with Gasteiger partial charge >= 0.3 is 0 Å². The summed E-state index contributed by atoms with van der Waals surface area (Å²) in [5, 5.41) is 0. The molecule has 1 fully saturated rings. The molecule has 2 aromatic rings. The van der Waals surface area contributed by atoms with Crippen LogP contribution in [0.25, 0.3) is 11.1 Å². The summed E-state index contributed by atoms with van der Waals surface area (Å²) >= 11 is 0. The maximum Gasteiger partial charge on any atom is 0.212 e. The van der Waals surface area contributed by atoms with E-state index in [9.17, 15) is 0 Å². The molecule has 3 rings (SSSR count). The van der Waals surface area contributed by atoms with Crippen molar-refractivity contribution in [1.29, 1.82) is 0 Å². The largest absolute Gasteiger partial charge is 0.497 e. The highest BCUT2D eigenvalue weighted by atomic mass is 16.5. The molecule has 0 radical (unpaired) electrons. The van der Waals surface area contributed by atoms with Gasteiger partial charge in [0.05, 0.1) is 13.2 Å². The van der Waals surface area contributed by atoms with E-state index >= 15 is 0 Å². The molecular formula is C12H14N2O2. The molecule has 1 heterocycles. The zero-order chi connectivity index (χ0) is 11.1. The van der Waals surface area contributed by atoms with Gasteiger partial charge in [0.2, 0.25) is 5.89 Å². The Labute approximate surface area is 93.4 Å². The number of rotatable bonds is 3. The van der Waals surface area contributed by atoms with Gasteiger partial charge in [0, 0.05) is 6.07 Å². The first-order chi connectivity index (χ1) is 7.78. The Bertz CT molecular complexity index is 517. The molecule has 0 amide bonds. The zero-order valence-electron chi connectivity index (χ0n) is 9.14. The average molecular weight is 218 g/mol. The highest BCUT2D eigenvalue weighted by molar-refractivity contribution is 5.74. The minimum Gasteiger partial charge on any atom is -0.497 e. The van der Waals surface area contributed by atoms with Crippen LogP contribution in [0.2, 0.25) is 0 Å². The van der Waals surface area contributed by atoms with E-state index in [0.717, 1.165) is 16.8 Å². The van der Waals surface area contributed by atoms with Crippen molar-refractivity contribution in [3.8, 4) is 5.75 Å². The number of fused-ring (bicyclic) bond motifs is 1. The molecule has 0 bridgehead atoms. The van der Waals surface area contributed by atoms with Gasteiger partial charge < -0.3 is 14.9 Å². The molecule has 1 aromatic carbocycles. The Balaban J connectivity index is 2.01. The maximum atomic E-state index is 6.05. The molecule has 16 heavy (non-hydrogen) atoms. The van der Waals surface area contributed by atoms with E-state index in [1.807, 2.05) is 18.2 Å². The summed E-state index contributed by atoms with van der Waals surface area (Å²) in [6.07, 6.45) is 2.37. The molecule has 84 valence electrons. The number of ether oxygens (including phenoxy) is 1. The lowest BCUT2D eigenvalue weighted by Gasteiger charge is -2.02. The predicted octanol–water partition coefficient (Wildman–Crippen LogP) is 2.25. The smallest absolute Gasteiger partial charge is 0.212 e. The van der Waals surface area contributed by atoms with Gasteiger partial charge in [-0.2, -0.15) is 0 Å². The lowest BCUT2D eigenvalue weighted by molar-refractivity contribution is 0.413. The number of oxazole rings is 1. The van der Waals surface area contributed by atoms with E-state index in [-0.39, 0.29) is 6.04 Å². The predicted molar refractivity (Wildman–Crippen MR) is 60.2 cm³/mol. The van der Waals surface area contributed by atoms with Crippen LogP contribution in [0.3, 0.4) is 0 Å². The molecule has 2 N–H and O–H groups in total. The Morgan fingerprint density at radius 3 is 3.00 bits per heavy atom. The van der Waals surface area contributed by atoms with Crippen LogP contribution in [0.1, 0.15) is 24.8 Å². The van der Waals surface area contributed by atoms with E-state index in [1.54, 1.807) is 7.11 Å². The summed E-state index contributed by atoms with van der Waals surface area (Å²) in [4.78, 5) is 4.40. The van der Waals surface area contributed by atoms with E-state index in [2.05, 4.69) is 4.98 Å². The van der Waals surface area contributed by atoms with Crippen molar-refractivity contribution in [3.63, 3.8) is 0 Å². The number of nitrogens with zero attached hydrogens (tertiary/aromatic N) is 1. The normalized spacial score (nSPS) is 17.6. The molecule has 1 unspecified atom stereocenters. The van der Waals surface area contributed by atoms with Gasteiger partial charge in [-0.25, -0.2) is 4.98 Å². The topological polar surface area (TPSA) is 61.3 Å². The van der Waals surface area contributed by atoms with Gasteiger partial charge in [-0.15, -0.1) is 0 Å². The van der Waals surface area contributed by atoms with E-state index in [4.69, 9.17) is 14.9 Å². The third-order valence-corrected chi connectivity index (χ3v) is 3.03. The summed E-state index contributed by atoms with van der Waals surface area (Å²) in [7, 11) is 1.63. The highest BCUT2D eigenvalue weighted by Gasteiger charge is 2.32. The fraction of sp³-hybridized carbons (Fsp3) is 0.417. The first kappa shape index (κ1) is 9.66. The molecule has 1 atom stereocenters. The molecule has 1 saturated carbocycles. The van der Waals surface area contributed by atoms with Crippen molar-refractivity contribution in [2.75, 3.05) is 7.11 Å². The van der Waals surface area contributed by atoms with Crippen molar-refractivity contribution in [2.45, 2.75) is 18.9 Å². The monoisotopic (exact) mass is 218 g/mol. The standard InChI is InChI=1S/C12H14N2O2/c1-15-8-4-5-9-10(6-8)16-12(14-9)11(13)7-2-3-7/h4-7,11H,2-3,13H2,1H3. The van der Waals surface area contributed by atoms with Crippen molar-refractivity contribution in [1.82, 2.24) is 4.98 Å². The number of methoxy groups -OCH3 is 1. The third-order valence-electron chi connectivity index (χ3n) is 3.03. The van der Waals surface area contributed by atoms with Crippen molar-refractivity contribution < 1.29 is 9.15 Å². The SMILES string of the molecule is COc1ccc2nc(C(N)C3CC3)oc2c1. The Hall–Kier alpha value is -1.55. The first-order valence-electron chi connectivity index (χ1n) is 5.48. The summed E-state index contributed by atoms with van der Waals surface area (Å²) < 4.78 is 10.8. The number of hydrogen-bond acceptors (Lipinski definition) is 4. The second-order valence-electron chi connectivity index (χ2n) is 4.25. The zero-order valence-corrected chi connectivity index (χ0v) is 9.14. The van der Waals surface area contributed by atoms with Crippen LogP contribution >= 0.6 is 0 Å². The van der Waals surface area contributed by atoms with Crippen LogP contribution in [0.4, 0.5) is 0 Å².